The molecule has 4 rings (SSSR count). The fourth-order valence-electron chi connectivity index (χ4n) is 4.27. The third-order valence-corrected chi connectivity index (χ3v) is 7.36. The van der Waals surface area contributed by atoms with Crippen molar-refractivity contribution in [3.05, 3.63) is 48.0 Å². The number of hydrogen-bond donors (Lipinski definition) is 1. The molecule has 1 N–H and O–H groups in total. The Morgan fingerprint density at radius 1 is 1.16 bits per heavy atom. The van der Waals surface area contributed by atoms with Crippen LogP contribution in [0, 0.1) is 5.92 Å². The van der Waals surface area contributed by atoms with Gasteiger partial charge in [-0.25, -0.2) is 0 Å². The van der Waals surface area contributed by atoms with Gasteiger partial charge in [0.25, 0.3) is 10.0 Å². The lowest BCUT2D eigenvalue weighted by Crippen LogP contribution is -2.37. The van der Waals surface area contributed by atoms with E-state index in [0.29, 0.717) is 35.1 Å². The zero-order valence-corrected chi connectivity index (χ0v) is 19.3. The Morgan fingerprint density at radius 2 is 1.88 bits per heavy atom. The van der Waals surface area contributed by atoms with E-state index >= 15 is 0 Å². The van der Waals surface area contributed by atoms with Crippen molar-refractivity contribution in [2.75, 3.05) is 23.9 Å². The van der Waals surface area contributed by atoms with Gasteiger partial charge in [-0.2, -0.15) is 8.42 Å². The number of carbonyl (C=O) groups excluding carboxylic acids is 1. The number of carbonyl (C=O) groups is 1. The molecule has 1 fully saturated rings. The highest BCUT2D eigenvalue weighted by molar-refractivity contribution is 7.90. The molecule has 1 amide bonds. The Kier molecular flexibility index (Phi) is 6.50. The van der Waals surface area contributed by atoms with Crippen LogP contribution in [0.15, 0.2) is 51.8 Å². The van der Waals surface area contributed by atoms with E-state index in [-0.39, 0.29) is 16.7 Å². The van der Waals surface area contributed by atoms with Gasteiger partial charge >= 0.3 is 0 Å². The number of benzene rings is 2. The first-order chi connectivity index (χ1) is 15.4. The van der Waals surface area contributed by atoms with Crippen molar-refractivity contribution >= 4 is 33.1 Å². The normalized spacial score (nSPS) is 17.6. The minimum absolute atomic E-state index is 0.00314. The van der Waals surface area contributed by atoms with Crippen LogP contribution in [0.25, 0.3) is 0 Å². The van der Waals surface area contributed by atoms with Crippen molar-refractivity contribution in [1.29, 1.82) is 0 Å². The SMILES string of the molecule is CCCCN1C(c2ccc(OC)cc2)=NS(=O)(=O)c2cc(NC(=O)C3CCCC3)ccc21. The van der Waals surface area contributed by atoms with Gasteiger partial charge in [0.1, 0.15) is 10.6 Å². The molecule has 7 nitrogen and oxygen atoms in total. The Bertz CT molecular complexity index is 1120. The van der Waals surface area contributed by atoms with Crippen LogP contribution in [-0.2, 0) is 14.8 Å². The first-order valence-electron chi connectivity index (χ1n) is 11.1. The number of rotatable bonds is 7. The summed E-state index contributed by atoms with van der Waals surface area (Å²) in [4.78, 5) is 14.6. The number of sulfonamides is 1. The van der Waals surface area contributed by atoms with Crippen molar-refractivity contribution in [3.63, 3.8) is 0 Å². The Balaban J connectivity index is 1.70. The first kappa shape index (κ1) is 22.3. The summed E-state index contributed by atoms with van der Waals surface area (Å²) in [7, 11) is -2.34. The number of fused-ring (bicyclic) bond motifs is 1. The first-order valence-corrected chi connectivity index (χ1v) is 12.6. The highest BCUT2D eigenvalue weighted by Gasteiger charge is 2.32. The van der Waals surface area contributed by atoms with Gasteiger partial charge in [0.05, 0.1) is 12.8 Å². The van der Waals surface area contributed by atoms with E-state index in [4.69, 9.17) is 4.74 Å². The highest BCUT2D eigenvalue weighted by Crippen LogP contribution is 2.36. The van der Waals surface area contributed by atoms with Crippen LogP contribution < -0.4 is 15.0 Å². The molecule has 1 heterocycles. The van der Waals surface area contributed by atoms with Crippen LogP contribution in [0.3, 0.4) is 0 Å². The predicted octanol–water partition coefficient (Wildman–Crippen LogP) is 4.58. The predicted molar refractivity (Wildman–Crippen MR) is 126 cm³/mol. The fraction of sp³-hybridized carbons (Fsp3) is 0.417. The lowest BCUT2D eigenvalue weighted by molar-refractivity contribution is -0.119. The van der Waals surface area contributed by atoms with Crippen molar-refractivity contribution in [3.8, 4) is 5.75 Å². The molecule has 1 aliphatic heterocycles. The molecule has 0 bridgehead atoms. The maximum atomic E-state index is 13.1. The van der Waals surface area contributed by atoms with Gasteiger partial charge in [-0.1, -0.05) is 26.2 Å². The second-order valence-corrected chi connectivity index (χ2v) is 9.85. The van der Waals surface area contributed by atoms with Crippen LogP contribution in [0.4, 0.5) is 11.4 Å². The number of methoxy groups -OCH3 is 1. The molecular weight excluding hydrogens is 426 g/mol. The van der Waals surface area contributed by atoms with Gasteiger partial charge in [-0.15, -0.1) is 4.40 Å². The third kappa shape index (κ3) is 4.50. The van der Waals surface area contributed by atoms with Gasteiger partial charge in [0.15, 0.2) is 5.84 Å². The minimum Gasteiger partial charge on any atom is -0.497 e. The van der Waals surface area contributed by atoms with Gasteiger partial charge < -0.3 is 15.0 Å². The molecule has 2 aromatic rings. The fourth-order valence-corrected chi connectivity index (χ4v) is 5.52. The average Bonchev–Trinajstić information content (AvgIpc) is 3.34. The third-order valence-electron chi connectivity index (χ3n) is 6.07. The molecule has 0 spiro atoms. The molecule has 2 aliphatic rings. The van der Waals surface area contributed by atoms with Gasteiger partial charge in [0, 0.05) is 23.7 Å². The lowest BCUT2D eigenvalue weighted by atomic mass is 10.1. The molecule has 0 saturated heterocycles. The number of nitrogens with one attached hydrogen (secondary N) is 1. The summed E-state index contributed by atoms with van der Waals surface area (Å²) >= 11 is 0. The summed E-state index contributed by atoms with van der Waals surface area (Å²) in [5.41, 5.74) is 1.77. The van der Waals surface area contributed by atoms with E-state index in [9.17, 15) is 13.2 Å². The maximum Gasteiger partial charge on any atom is 0.286 e. The molecule has 0 aromatic heterocycles. The average molecular weight is 456 g/mol. The van der Waals surface area contributed by atoms with Crippen LogP contribution in [-0.4, -0.2) is 33.8 Å². The van der Waals surface area contributed by atoms with Gasteiger partial charge in [-0.05, 0) is 61.7 Å². The molecule has 32 heavy (non-hydrogen) atoms. The molecule has 2 aromatic carbocycles. The molecule has 1 saturated carbocycles. The molecular formula is C24H29N3O4S. The van der Waals surface area contributed by atoms with Crippen molar-refractivity contribution in [2.24, 2.45) is 10.3 Å². The van der Waals surface area contributed by atoms with Crippen LogP contribution >= 0.6 is 0 Å². The number of ether oxygens (including phenoxy) is 1. The second kappa shape index (κ2) is 9.32. The van der Waals surface area contributed by atoms with Crippen molar-refractivity contribution in [1.82, 2.24) is 0 Å². The molecule has 170 valence electrons. The molecule has 8 heteroatoms. The summed E-state index contributed by atoms with van der Waals surface area (Å²) in [5, 5.41) is 2.90. The zero-order chi connectivity index (χ0) is 22.7. The molecule has 0 radical (unpaired) electrons. The van der Waals surface area contributed by atoms with Gasteiger partial charge in [-0.3, -0.25) is 4.79 Å². The zero-order valence-electron chi connectivity index (χ0n) is 18.5. The molecule has 0 unspecified atom stereocenters. The second-order valence-electron chi connectivity index (χ2n) is 8.28. The quantitative estimate of drug-likeness (QED) is 0.660. The van der Waals surface area contributed by atoms with E-state index < -0.39 is 10.0 Å². The van der Waals surface area contributed by atoms with Crippen molar-refractivity contribution < 1.29 is 17.9 Å². The largest absolute Gasteiger partial charge is 0.497 e. The smallest absolute Gasteiger partial charge is 0.286 e. The Morgan fingerprint density at radius 3 is 2.53 bits per heavy atom. The summed E-state index contributed by atoms with van der Waals surface area (Å²) in [6.45, 7) is 2.73. The Hall–Kier alpha value is -2.87. The number of anilines is 2. The van der Waals surface area contributed by atoms with Gasteiger partial charge in [0.2, 0.25) is 5.91 Å². The van der Waals surface area contributed by atoms with Crippen molar-refractivity contribution in [2.45, 2.75) is 50.3 Å². The van der Waals surface area contributed by atoms with E-state index in [1.165, 1.54) is 6.07 Å². The van der Waals surface area contributed by atoms with E-state index in [0.717, 1.165) is 38.5 Å². The van der Waals surface area contributed by atoms with E-state index in [2.05, 4.69) is 16.6 Å². The number of amidine groups is 1. The van der Waals surface area contributed by atoms with Crippen LogP contribution in [0.2, 0.25) is 0 Å². The number of nitrogens with zero attached hydrogens (tertiary/aromatic N) is 2. The van der Waals surface area contributed by atoms with Crippen LogP contribution in [0.1, 0.15) is 51.0 Å². The number of amides is 1. The Labute approximate surface area is 189 Å². The monoisotopic (exact) mass is 455 g/mol. The molecule has 1 aliphatic carbocycles. The van der Waals surface area contributed by atoms with Crippen LogP contribution in [0.5, 0.6) is 5.75 Å². The standard InChI is InChI=1S/C24H29N3O4S/c1-3-4-15-27-21-14-11-19(25-24(28)18-7-5-6-8-18)16-22(21)32(29,30)26-23(27)17-9-12-20(31-2)13-10-17/h9-14,16,18H,3-8,15H2,1-2H3,(H,25,28). The summed E-state index contributed by atoms with van der Waals surface area (Å²) in [5.74, 6) is 1.05. The maximum absolute atomic E-state index is 13.1. The topological polar surface area (TPSA) is 88.1 Å². The van der Waals surface area contributed by atoms with E-state index in [1.54, 1.807) is 31.4 Å². The lowest BCUT2D eigenvalue weighted by Gasteiger charge is -2.31. The molecule has 0 atom stereocenters. The summed E-state index contributed by atoms with van der Waals surface area (Å²) in [6.07, 6.45) is 5.74. The van der Waals surface area contributed by atoms with E-state index in [1.807, 2.05) is 17.0 Å². The minimum atomic E-state index is -3.93. The number of hydrogen-bond acceptors (Lipinski definition) is 5. The highest BCUT2D eigenvalue weighted by atomic mass is 32.2. The number of unbranched alkanes of at least 4 members (excludes halogenated alkanes) is 1. The summed E-state index contributed by atoms with van der Waals surface area (Å²) in [6, 6.07) is 12.3. The summed E-state index contributed by atoms with van der Waals surface area (Å²) < 4.78 is 35.7.